The number of nitrogens with zero attached hydrogens (tertiary/aromatic N) is 3. The predicted molar refractivity (Wildman–Crippen MR) is 242 cm³/mol. The standard InChI is InChI=1S/C51H31N3S2/c1-2-14-37(15-3-1)54-46-17-9-8-16-45(46)52-51(54)32-18-20-38(21-19-32)53(39-22-24-41-43-26-33-10-4-6-12-35(33)28-47(43)55-49(41)30-39)40-23-25-42-44-27-34-11-5-7-13-36(34)29-48(44)56-50(42)31-40/h1-31H. The first-order chi connectivity index (χ1) is 27.7. The first-order valence-corrected chi connectivity index (χ1v) is 20.5. The van der Waals surface area contributed by atoms with Crippen LogP contribution in [0.3, 0.4) is 0 Å². The molecule has 12 rings (SSSR count). The summed E-state index contributed by atoms with van der Waals surface area (Å²) in [6.45, 7) is 0. The van der Waals surface area contributed by atoms with Crippen LogP contribution in [0, 0.1) is 0 Å². The van der Waals surface area contributed by atoms with Gasteiger partial charge in [0.1, 0.15) is 5.82 Å². The lowest BCUT2D eigenvalue weighted by Crippen LogP contribution is -2.09. The van der Waals surface area contributed by atoms with Gasteiger partial charge in [-0.25, -0.2) is 4.98 Å². The van der Waals surface area contributed by atoms with Crippen LogP contribution in [0.2, 0.25) is 0 Å². The summed E-state index contributed by atoms with van der Waals surface area (Å²) in [5, 5.41) is 10.3. The third-order valence-electron chi connectivity index (χ3n) is 11.1. The molecule has 262 valence electrons. The van der Waals surface area contributed by atoms with Crippen LogP contribution in [0.5, 0.6) is 0 Å². The third-order valence-corrected chi connectivity index (χ3v) is 13.4. The fraction of sp³-hybridized carbons (Fsp3) is 0. The second-order valence-electron chi connectivity index (χ2n) is 14.4. The van der Waals surface area contributed by atoms with Gasteiger partial charge in [-0.15, -0.1) is 22.7 Å². The number of rotatable bonds is 5. The Kier molecular flexibility index (Phi) is 6.97. The Morgan fingerprint density at radius 2 is 0.875 bits per heavy atom. The van der Waals surface area contributed by atoms with Gasteiger partial charge in [-0.3, -0.25) is 4.57 Å². The van der Waals surface area contributed by atoms with Crippen LogP contribution >= 0.6 is 22.7 Å². The maximum atomic E-state index is 5.15. The normalized spacial score (nSPS) is 11.9. The van der Waals surface area contributed by atoms with Gasteiger partial charge in [-0.05, 0) is 119 Å². The molecule has 0 bridgehead atoms. The monoisotopic (exact) mass is 749 g/mol. The van der Waals surface area contributed by atoms with Crippen molar-refractivity contribution >= 4 is 113 Å². The van der Waals surface area contributed by atoms with Crippen LogP contribution < -0.4 is 4.90 Å². The Morgan fingerprint density at radius 1 is 0.393 bits per heavy atom. The van der Waals surface area contributed by atoms with E-state index in [9.17, 15) is 0 Å². The molecule has 0 aliphatic heterocycles. The molecule has 3 aromatic heterocycles. The molecule has 3 heterocycles. The molecular formula is C51H31N3S2. The van der Waals surface area contributed by atoms with E-state index < -0.39 is 0 Å². The molecule has 5 heteroatoms. The van der Waals surface area contributed by atoms with E-state index in [1.165, 1.54) is 61.9 Å². The highest BCUT2D eigenvalue weighted by molar-refractivity contribution is 7.26. The summed E-state index contributed by atoms with van der Waals surface area (Å²) in [5.41, 5.74) is 7.57. The van der Waals surface area contributed by atoms with Crippen molar-refractivity contribution in [2.24, 2.45) is 0 Å². The molecule has 0 spiro atoms. The first kappa shape index (κ1) is 31.5. The summed E-state index contributed by atoms with van der Waals surface area (Å²) >= 11 is 3.74. The van der Waals surface area contributed by atoms with E-state index in [0.717, 1.165) is 45.2 Å². The number of benzene rings is 9. The van der Waals surface area contributed by atoms with Crippen molar-refractivity contribution in [3.8, 4) is 17.1 Å². The molecule has 9 aromatic carbocycles. The largest absolute Gasteiger partial charge is 0.310 e. The minimum absolute atomic E-state index is 0.925. The molecule has 0 aliphatic rings. The number of hydrogen-bond donors (Lipinski definition) is 0. The molecule has 56 heavy (non-hydrogen) atoms. The van der Waals surface area contributed by atoms with Gasteiger partial charge in [0.25, 0.3) is 0 Å². The van der Waals surface area contributed by atoms with Crippen molar-refractivity contribution in [2.45, 2.75) is 0 Å². The highest BCUT2D eigenvalue weighted by Crippen LogP contribution is 2.45. The summed E-state index contributed by atoms with van der Waals surface area (Å²) in [6, 6.07) is 68.4. The topological polar surface area (TPSA) is 21.1 Å². The van der Waals surface area contributed by atoms with Gasteiger partial charge in [-0.1, -0.05) is 91.0 Å². The first-order valence-electron chi connectivity index (χ1n) is 18.9. The average Bonchev–Trinajstić information content (AvgIpc) is 3.93. The Hall–Kier alpha value is -6.79. The van der Waals surface area contributed by atoms with Gasteiger partial charge in [-0.2, -0.15) is 0 Å². The van der Waals surface area contributed by atoms with E-state index in [4.69, 9.17) is 4.98 Å². The zero-order valence-electron chi connectivity index (χ0n) is 30.1. The molecule has 0 saturated heterocycles. The highest BCUT2D eigenvalue weighted by atomic mass is 32.1. The van der Waals surface area contributed by atoms with Crippen molar-refractivity contribution in [2.75, 3.05) is 4.90 Å². The molecule has 0 fully saturated rings. The summed E-state index contributed by atoms with van der Waals surface area (Å²) in [4.78, 5) is 7.56. The minimum Gasteiger partial charge on any atom is -0.310 e. The molecular weight excluding hydrogens is 719 g/mol. The smallest absolute Gasteiger partial charge is 0.145 e. The van der Waals surface area contributed by atoms with Gasteiger partial charge in [0.15, 0.2) is 0 Å². The summed E-state index contributed by atoms with van der Waals surface area (Å²) in [7, 11) is 0. The van der Waals surface area contributed by atoms with Crippen molar-refractivity contribution in [1.82, 2.24) is 9.55 Å². The average molecular weight is 750 g/mol. The molecule has 0 unspecified atom stereocenters. The summed E-state index contributed by atoms with van der Waals surface area (Å²) < 4.78 is 7.44. The Bertz CT molecular complexity index is 3330. The van der Waals surface area contributed by atoms with Gasteiger partial charge in [0.05, 0.1) is 11.0 Å². The van der Waals surface area contributed by atoms with Crippen molar-refractivity contribution in [3.05, 3.63) is 188 Å². The summed E-state index contributed by atoms with van der Waals surface area (Å²) in [5.74, 6) is 0.925. The molecule has 0 atom stereocenters. The fourth-order valence-electron chi connectivity index (χ4n) is 8.44. The lowest BCUT2D eigenvalue weighted by molar-refractivity contribution is 1.10. The Morgan fingerprint density at radius 3 is 1.46 bits per heavy atom. The lowest BCUT2D eigenvalue weighted by atomic mass is 10.0. The number of thiophene rings is 2. The molecule has 0 amide bonds. The van der Waals surface area contributed by atoms with Crippen LogP contribution in [0.4, 0.5) is 17.1 Å². The number of anilines is 3. The molecule has 3 nitrogen and oxygen atoms in total. The quantitative estimate of drug-likeness (QED) is 0.175. The van der Waals surface area contributed by atoms with E-state index in [0.29, 0.717) is 0 Å². The minimum atomic E-state index is 0.925. The molecule has 0 radical (unpaired) electrons. The van der Waals surface area contributed by atoms with Crippen molar-refractivity contribution < 1.29 is 0 Å². The van der Waals surface area contributed by atoms with Crippen LogP contribution in [0.25, 0.3) is 90.0 Å². The van der Waals surface area contributed by atoms with Crippen LogP contribution in [-0.2, 0) is 0 Å². The number of imidazole rings is 1. The van der Waals surface area contributed by atoms with Crippen molar-refractivity contribution in [3.63, 3.8) is 0 Å². The molecule has 12 aromatic rings. The number of para-hydroxylation sites is 3. The molecule has 0 N–H and O–H groups in total. The van der Waals surface area contributed by atoms with E-state index in [2.05, 4.69) is 198 Å². The number of hydrogen-bond acceptors (Lipinski definition) is 4. The predicted octanol–water partition coefficient (Wildman–Crippen LogP) is 15.2. The SMILES string of the molecule is c1ccc(-n2c(-c3ccc(N(c4ccc5c(c4)sc4cc6ccccc6cc45)c4ccc5c(c4)sc4cc6ccccc6cc45)cc3)nc3ccccc32)cc1. The van der Waals surface area contributed by atoms with Gasteiger partial charge >= 0.3 is 0 Å². The molecule has 0 saturated carbocycles. The lowest BCUT2D eigenvalue weighted by Gasteiger charge is -2.26. The maximum Gasteiger partial charge on any atom is 0.145 e. The number of fused-ring (bicyclic) bond motifs is 9. The Labute approximate surface area is 330 Å². The van der Waals surface area contributed by atoms with Crippen LogP contribution in [0.15, 0.2) is 188 Å². The maximum absolute atomic E-state index is 5.15. The third kappa shape index (κ3) is 4.98. The van der Waals surface area contributed by atoms with Gasteiger partial charge in [0.2, 0.25) is 0 Å². The van der Waals surface area contributed by atoms with E-state index in [1.54, 1.807) is 0 Å². The van der Waals surface area contributed by atoms with Crippen LogP contribution in [-0.4, -0.2) is 9.55 Å². The highest BCUT2D eigenvalue weighted by Gasteiger charge is 2.19. The van der Waals surface area contributed by atoms with Gasteiger partial charge < -0.3 is 4.90 Å². The summed E-state index contributed by atoms with van der Waals surface area (Å²) in [6.07, 6.45) is 0. The Balaban J connectivity index is 1.03. The van der Waals surface area contributed by atoms with E-state index >= 15 is 0 Å². The van der Waals surface area contributed by atoms with Crippen LogP contribution in [0.1, 0.15) is 0 Å². The van der Waals surface area contributed by atoms with E-state index in [1.807, 2.05) is 22.7 Å². The van der Waals surface area contributed by atoms with E-state index in [-0.39, 0.29) is 0 Å². The second-order valence-corrected chi connectivity index (χ2v) is 16.6. The molecule has 0 aliphatic carbocycles. The van der Waals surface area contributed by atoms with Crippen molar-refractivity contribution in [1.29, 1.82) is 0 Å². The van der Waals surface area contributed by atoms with Gasteiger partial charge in [0, 0.05) is 68.7 Å². The fourth-order valence-corrected chi connectivity index (χ4v) is 10.8. The second kappa shape index (κ2) is 12.4. The zero-order valence-corrected chi connectivity index (χ0v) is 31.7. The zero-order chi connectivity index (χ0) is 36.7. The number of aromatic nitrogens is 2.